The normalized spacial score (nSPS) is 18.6. The number of nitrogens with one attached hydrogen (secondary N) is 1. The first-order valence-electron chi connectivity index (χ1n) is 14.6. The molecule has 4 aromatic rings. The van der Waals surface area contributed by atoms with Gasteiger partial charge in [-0.2, -0.15) is 4.31 Å². The van der Waals surface area contributed by atoms with Crippen LogP contribution >= 0.6 is 11.6 Å². The predicted molar refractivity (Wildman–Crippen MR) is 171 cm³/mol. The number of hydrogen-bond donors (Lipinski definition) is 1. The highest BCUT2D eigenvalue weighted by atomic mass is 35.5. The van der Waals surface area contributed by atoms with Crippen molar-refractivity contribution in [1.29, 1.82) is 0 Å². The van der Waals surface area contributed by atoms with Crippen LogP contribution in [0.15, 0.2) is 82.4 Å². The lowest BCUT2D eigenvalue weighted by Crippen LogP contribution is -2.55. The molecule has 1 atom stereocenters. The molecule has 3 aromatic carbocycles. The van der Waals surface area contributed by atoms with Crippen molar-refractivity contribution in [2.45, 2.75) is 23.9 Å². The number of oxazole rings is 1. The molecule has 13 heteroatoms. The molecule has 0 spiro atoms. The Hall–Kier alpha value is -4.10. The number of ether oxygens (including phenoxy) is 2. The van der Waals surface area contributed by atoms with Gasteiger partial charge in [-0.15, -0.1) is 0 Å². The van der Waals surface area contributed by atoms with Gasteiger partial charge < -0.3 is 24.1 Å². The third kappa shape index (κ3) is 5.21. The summed E-state index contributed by atoms with van der Waals surface area (Å²) in [7, 11) is -1.41. The molecule has 1 unspecified atom stereocenters. The maximum atomic E-state index is 15.3. The van der Waals surface area contributed by atoms with Crippen LogP contribution in [-0.2, 0) is 26.9 Å². The zero-order chi connectivity index (χ0) is 31.8. The van der Waals surface area contributed by atoms with Gasteiger partial charge in [0.1, 0.15) is 17.8 Å². The van der Waals surface area contributed by atoms with Crippen molar-refractivity contribution in [3.63, 3.8) is 0 Å². The van der Waals surface area contributed by atoms with Gasteiger partial charge in [0.05, 0.1) is 31.0 Å². The van der Waals surface area contributed by atoms with Gasteiger partial charge in [0.2, 0.25) is 0 Å². The van der Waals surface area contributed by atoms with E-state index in [1.807, 2.05) is 25.1 Å². The molecular weight excluding hydrogens is 618 g/mol. The number of sulfonamides is 1. The van der Waals surface area contributed by atoms with Crippen LogP contribution in [0.3, 0.4) is 0 Å². The number of likely N-dealkylation sites (N-methyl/N-ethyl adjacent to an activating group) is 1. The van der Waals surface area contributed by atoms with Crippen LogP contribution in [0.4, 0.5) is 11.7 Å². The Balaban J connectivity index is 1.63. The molecule has 236 valence electrons. The van der Waals surface area contributed by atoms with Crippen LogP contribution in [0.5, 0.6) is 11.5 Å². The first kappa shape index (κ1) is 30.9. The fourth-order valence-corrected chi connectivity index (χ4v) is 7.87. The highest BCUT2D eigenvalue weighted by Gasteiger charge is 2.61. The lowest BCUT2D eigenvalue weighted by molar-refractivity contribution is -0.120. The summed E-state index contributed by atoms with van der Waals surface area (Å²) in [5.41, 5.74) is 0.112. The average Bonchev–Trinajstić information content (AvgIpc) is 3.67. The van der Waals surface area contributed by atoms with Gasteiger partial charge in [0.25, 0.3) is 21.9 Å². The maximum absolute atomic E-state index is 15.3. The Morgan fingerprint density at radius 2 is 1.78 bits per heavy atom. The molecule has 0 bridgehead atoms. The highest BCUT2D eigenvalue weighted by Crippen LogP contribution is 2.54. The monoisotopic (exact) mass is 651 g/mol. The average molecular weight is 652 g/mol. The summed E-state index contributed by atoms with van der Waals surface area (Å²) in [6.07, 6.45) is 2.89. The van der Waals surface area contributed by atoms with Crippen molar-refractivity contribution in [2.75, 3.05) is 56.1 Å². The number of anilines is 2. The molecule has 45 heavy (non-hydrogen) atoms. The van der Waals surface area contributed by atoms with Crippen molar-refractivity contribution >= 4 is 39.2 Å². The molecule has 0 saturated carbocycles. The van der Waals surface area contributed by atoms with Gasteiger partial charge in [-0.05, 0) is 67.1 Å². The highest BCUT2D eigenvalue weighted by molar-refractivity contribution is 7.93. The van der Waals surface area contributed by atoms with Crippen molar-refractivity contribution in [3.8, 4) is 11.5 Å². The third-order valence-electron chi connectivity index (χ3n) is 8.30. The summed E-state index contributed by atoms with van der Waals surface area (Å²) >= 11 is 6.61. The fourth-order valence-electron chi connectivity index (χ4n) is 6.23. The molecule has 2 aliphatic heterocycles. The van der Waals surface area contributed by atoms with Gasteiger partial charge in [-0.25, -0.2) is 13.4 Å². The smallest absolute Gasteiger partial charge is 0.298 e. The first-order chi connectivity index (χ1) is 21.7. The topological polar surface area (TPSA) is 117 Å². The molecule has 2 aliphatic rings. The van der Waals surface area contributed by atoms with E-state index in [1.54, 1.807) is 23.1 Å². The second-order valence-corrected chi connectivity index (χ2v) is 13.0. The van der Waals surface area contributed by atoms with E-state index in [0.717, 1.165) is 36.0 Å². The summed E-state index contributed by atoms with van der Waals surface area (Å²) in [4.78, 5) is 23.6. The molecule has 3 heterocycles. The van der Waals surface area contributed by atoms with E-state index in [2.05, 4.69) is 15.2 Å². The predicted octanol–water partition coefficient (Wildman–Crippen LogP) is 4.26. The zero-order valence-electron chi connectivity index (χ0n) is 25.2. The van der Waals surface area contributed by atoms with E-state index in [4.69, 9.17) is 25.5 Å². The van der Waals surface area contributed by atoms with E-state index in [9.17, 15) is 8.42 Å². The second kappa shape index (κ2) is 12.4. The first-order valence-corrected chi connectivity index (χ1v) is 16.4. The fraction of sp³-hybridized carbons (Fsp3) is 0.312. The molecular formula is C32H34ClN5O6S. The molecule has 6 rings (SSSR count). The Kier molecular flexibility index (Phi) is 8.49. The standard InChI is InChI=1S/C32H34ClN5O6S/c1-4-37(31-35-15-18-44-31)32(27-19-22(5-12-29(27)43-3)21-36-16-13-34-14-17-36)26-20-23(33)6-11-28(26)38(30(32)39)45(40,41)25-9-7-24(42-2)8-10-25/h5-12,15,18-20,34H,4,13-14,16-17,21H2,1-3H3. The van der Waals surface area contributed by atoms with Gasteiger partial charge >= 0.3 is 0 Å². The minimum Gasteiger partial charge on any atom is -0.497 e. The number of fused-ring (bicyclic) bond motifs is 1. The summed E-state index contributed by atoms with van der Waals surface area (Å²) < 4.78 is 46.6. The number of nitrogens with zero attached hydrogens (tertiary/aromatic N) is 4. The van der Waals surface area contributed by atoms with Gasteiger partial charge in [-0.3, -0.25) is 9.69 Å². The molecule has 11 nitrogen and oxygen atoms in total. The number of piperazine rings is 1. The third-order valence-corrected chi connectivity index (χ3v) is 10.2. The summed E-state index contributed by atoms with van der Waals surface area (Å²) in [5, 5.41) is 3.70. The number of halogens is 1. The van der Waals surface area contributed by atoms with Crippen LogP contribution in [0.2, 0.25) is 5.02 Å². The van der Waals surface area contributed by atoms with E-state index in [-0.39, 0.29) is 23.1 Å². The Morgan fingerprint density at radius 1 is 1.02 bits per heavy atom. The van der Waals surface area contributed by atoms with Gasteiger partial charge in [0, 0.05) is 55.4 Å². The molecule has 1 aromatic heterocycles. The van der Waals surface area contributed by atoms with Crippen molar-refractivity contribution < 1.29 is 27.1 Å². The molecule has 0 radical (unpaired) electrons. The lowest BCUT2D eigenvalue weighted by Gasteiger charge is -2.40. The number of aromatic nitrogens is 1. The number of hydrogen-bond acceptors (Lipinski definition) is 10. The van der Waals surface area contributed by atoms with Gasteiger partial charge in [0.15, 0.2) is 5.54 Å². The van der Waals surface area contributed by atoms with Crippen molar-refractivity contribution in [3.05, 3.63) is 94.8 Å². The van der Waals surface area contributed by atoms with E-state index >= 15 is 4.79 Å². The van der Waals surface area contributed by atoms with Crippen molar-refractivity contribution in [2.24, 2.45) is 0 Å². The van der Waals surface area contributed by atoms with Crippen LogP contribution in [-0.4, -0.2) is 71.2 Å². The minimum absolute atomic E-state index is 0.0769. The molecule has 0 aliphatic carbocycles. The lowest BCUT2D eigenvalue weighted by atomic mass is 9.80. The van der Waals surface area contributed by atoms with E-state index in [0.29, 0.717) is 34.2 Å². The zero-order valence-corrected chi connectivity index (χ0v) is 26.8. The summed E-state index contributed by atoms with van der Waals surface area (Å²) in [5.74, 6) is 0.135. The van der Waals surface area contributed by atoms with Crippen LogP contribution in [0.1, 0.15) is 23.6 Å². The largest absolute Gasteiger partial charge is 0.497 e. The second-order valence-electron chi connectivity index (χ2n) is 10.7. The van der Waals surface area contributed by atoms with Crippen LogP contribution in [0, 0.1) is 0 Å². The Labute approximate surface area is 267 Å². The maximum Gasteiger partial charge on any atom is 0.298 e. The number of benzene rings is 3. The summed E-state index contributed by atoms with van der Waals surface area (Å²) in [6.45, 7) is 6.20. The quantitative estimate of drug-likeness (QED) is 0.267. The number of carbonyl (C=O) groups is 1. The number of carbonyl (C=O) groups excluding carboxylic acids is 1. The van der Waals surface area contributed by atoms with Crippen LogP contribution < -0.4 is 24.0 Å². The number of methoxy groups -OCH3 is 2. The number of rotatable bonds is 10. The van der Waals surface area contributed by atoms with Crippen molar-refractivity contribution in [1.82, 2.24) is 15.2 Å². The van der Waals surface area contributed by atoms with Gasteiger partial charge in [-0.1, -0.05) is 17.7 Å². The minimum atomic E-state index is -4.43. The Bertz CT molecular complexity index is 1800. The Morgan fingerprint density at radius 3 is 2.42 bits per heavy atom. The SMILES string of the molecule is CCN(c1ncco1)C1(c2cc(CN3CCNCC3)ccc2OC)C(=O)N(S(=O)(=O)c2ccc(OC)cc2)c2ccc(Cl)cc21. The molecule has 1 N–H and O–H groups in total. The molecule has 1 saturated heterocycles. The van der Waals surface area contributed by atoms with E-state index < -0.39 is 21.5 Å². The molecule has 1 fully saturated rings. The van der Waals surface area contributed by atoms with Crippen LogP contribution in [0.25, 0.3) is 0 Å². The van der Waals surface area contributed by atoms with E-state index in [1.165, 1.54) is 50.9 Å². The summed E-state index contributed by atoms with van der Waals surface area (Å²) in [6, 6.07) is 16.5. The number of amides is 1. The molecule has 1 amide bonds.